The van der Waals surface area contributed by atoms with E-state index in [9.17, 15) is 0 Å². The molecule has 1 aromatic carbocycles. The lowest BCUT2D eigenvalue weighted by Crippen LogP contribution is -2.57. The minimum atomic E-state index is 0.195. The molecule has 1 fully saturated rings. The molecule has 0 spiro atoms. The van der Waals surface area contributed by atoms with E-state index in [1.54, 1.807) is 0 Å². The van der Waals surface area contributed by atoms with Gasteiger partial charge in [0.2, 0.25) is 0 Å². The highest BCUT2D eigenvalue weighted by molar-refractivity contribution is 5.31. The van der Waals surface area contributed by atoms with Crippen molar-refractivity contribution in [2.24, 2.45) is 17.1 Å². The Kier molecular flexibility index (Phi) is 3.42. The first kappa shape index (κ1) is 14.1. The van der Waals surface area contributed by atoms with Crippen LogP contribution in [0, 0.1) is 11.3 Å². The SMILES string of the molecule is CC1CC(C)(C)CC(CN)(N2Cc3ccccc3C2)C1. The van der Waals surface area contributed by atoms with Crippen molar-refractivity contribution < 1.29 is 0 Å². The van der Waals surface area contributed by atoms with Gasteiger partial charge in [-0.1, -0.05) is 45.0 Å². The van der Waals surface area contributed by atoms with Crippen molar-refractivity contribution in [3.63, 3.8) is 0 Å². The molecule has 110 valence electrons. The Bertz CT molecular complexity index is 469. The van der Waals surface area contributed by atoms with E-state index in [0.29, 0.717) is 5.41 Å². The molecule has 2 heteroatoms. The Morgan fingerprint density at radius 1 is 1.15 bits per heavy atom. The fourth-order valence-corrected chi connectivity index (χ4v) is 4.89. The van der Waals surface area contributed by atoms with Gasteiger partial charge in [-0.25, -0.2) is 0 Å². The van der Waals surface area contributed by atoms with Crippen LogP contribution in [0.1, 0.15) is 51.2 Å². The van der Waals surface area contributed by atoms with Gasteiger partial charge in [-0.15, -0.1) is 0 Å². The first-order chi connectivity index (χ1) is 9.44. The average Bonchev–Trinajstić information content (AvgIpc) is 2.80. The summed E-state index contributed by atoms with van der Waals surface area (Å²) in [6.45, 7) is 10.2. The first-order valence-electron chi connectivity index (χ1n) is 7.96. The minimum Gasteiger partial charge on any atom is -0.329 e. The van der Waals surface area contributed by atoms with Gasteiger partial charge in [0.05, 0.1) is 0 Å². The molecule has 0 saturated heterocycles. The highest BCUT2D eigenvalue weighted by Crippen LogP contribution is 2.48. The maximum atomic E-state index is 6.29. The number of nitrogens with zero attached hydrogens (tertiary/aromatic N) is 1. The predicted octanol–water partition coefficient (Wildman–Crippen LogP) is 3.55. The summed E-state index contributed by atoms with van der Waals surface area (Å²) in [6, 6.07) is 8.86. The molecule has 1 aliphatic heterocycles. The van der Waals surface area contributed by atoms with Crippen LogP contribution in [-0.2, 0) is 13.1 Å². The van der Waals surface area contributed by atoms with Crippen LogP contribution in [0.3, 0.4) is 0 Å². The second kappa shape index (κ2) is 4.85. The number of rotatable bonds is 2. The number of hydrogen-bond donors (Lipinski definition) is 1. The van der Waals surface area contributed by atoms with E-state index in [1.807, 2.05) is 0 Å². The summed E-state index contributed by atoms with van der Waals surface area (Å²) in [6.07, 6.45) is 3.81. The van der Waals surface area contributed by atoms with E-state index < -0.39 is 0 Å². The summed E-state index contributed by atoms with van der Waals surface area (Å²) in [7, 11) is 0. The lowest BCUT2D eigenvalue weighted by atomic mass is 9.63. The molecule has 2 unspecified atom stereocenters. The smallest absolute Gasteiger partial charge is 0.0346 e. The van der Waals surface area contributed by atoms with Gasteiger partial charge in [0.25, 0.3) is 0 Å². The predicted molar refractivity (Wildman–Crippen MR) is 84.3 cm³/mol. The number of benzene rings is 1. The van der Waals surface area contributed by atoms with Crippen LogP contribution < -0.4 is 5.73 Å². The fourth-order valence-electron chi connectivity index (χ4n) is 4.89. The zero-order valence-electron chi connectivity index (χ0n) is 13.2. The molecule has 1 aromatic rings. The highest BCUT2D eigenvalue weighted by atomic mass is 15.2. The van der Waals surface area contributed by atoms with Gasteiger partial charge >= 0.3 is 0 Å². The molecule has 2 atom stereocenters. The fraction of sp³-hybridized carbons (Fsp3) is 0.667. The summed E-state index contributed by atoms with van der Waals surface area (Å²) >= 11 is 0. The van der Waals surface area contributed by atoms with E-state index >= 15 is 0 Å². The number of hydrogen-bond acceptors (Lipinski definition) is 2. The Hall–Kier alpha value is -0.860. The van der Waals surface area contributed by atoms with Gasteiger partial charge in [0.15, 0.2) is 0 Å². The normalized spacial score (nSPS) is 33.1. The van der Waals surface area contributed by atoms with Crippen LogP contribution in [0.5, 0.6) is 0 Å². The molecule has 20 heavy (non-hydrogen) atoms. The topological polar surface area (TPSA) is 29.3 Å². The van der Waals surface area contributed by atoms with Gasteiger partial charge < -0.3 is 5.73 Å². The third-order valence-electron chi connectivity index (χ3n) is 5.33. The van der Waals surface area contributed by atoms with Gasteiger partial charge in [0.1, 0.15) is 0 Å². The second-order valence-corrected chi connectivity index (χ2v) is 7.91. The van der Waals surface area contributed by atoms with Crippen molar-refractivity contribution in [3.05, 3.63) is 35.4 Å². The van der Waals surface area contributed by atoms with E-state index in [1.165, 1.54) is 30.4 Å². The van der Waals surface area contributed by atoms with Crippen molar-refractivity contribution in [3.8, 4) is 0 Å². The molecule has 2 aliphatic rings. The van der Waals surface area contributed by atoms with E-state index in [-0.39, 0.29) is 5.54 Å². The van der Waals surface area contributed by atoms with Crippen molar-refractivity contribution in [2.75, 3.05) is 6.54 Å². The maximum Gasteiger partial charge on any atom is 0.0346 e. The molecule has 0 radical (unpaired) electrons. The summed E-state index contributed by atoms with van der Waals surface area (Å²) in [5, 5.41) is 0. The van der Waals surface area contributed by atoms with Crippen LogP contribution in [-0.4, -0.2) is 17.0 Å². The van der Waals surface area contributed by atoms with E-state index in [2.05, 4.69) is 49.9 Å². The average molecular weight is 272 g/mol. The van der Waals surface area contributed by atoms with Crippen LogP contribution in [0.4, 0.5) is 0 Å². The molecule has 1 heterocycles. The molecule has 0 amide bonds. The Balaban J connectivity index is 1.88. The molecule has 2 nitrogen and oxygen atoms in total. The second-order valence-electron chi connectivity index (χ2n) is 7.91. The van der Waals surface area contributed by atoms with Crippen LogP contribution in [0.2, 0.25) is 0 Å². The lowest BCUT2D eigenvalue weighted by Gasteiger charge is -2.52. The van der Waals surface area contributed by atoms with Crippen LogP contribution in [0.25, 0.3) is 0 Å². The monoisotopic (exact) mass is 272 g/mol. The molecule has 3 rings (SSSR count). The molecular weight excluding hydrogens is 244 g/mol. The zero-order chi connectivity index (χ0) is 14.4. The van der Waals surface area contributed by atoms with Crippen molar-refractivity contribution in [1.82, 2.24) is 4.90 Å². The summed E-state index contributed by atoms with van der Waals surface area (Å²) < 4.78 is 0. The van der Waals surface area contributed by atoms with Gasteiger partial charge in [-0.2, -0.15) is 0 Å². The third-order valence-corrected chi connectivity index (χ3v) is 5.33. The zero-order valence-corrected chi connectivity index (χ0v) is 13.2. The summed E-state index contributed by atoms with van der Waals surface area (Å²) in [5.41, 5.74) is 9.89. The molecule has 0 bridgehead atoms. The van der Waals surface area contributed by atoms with Crippen molar-refractivity contribution >= 4 is 0 Å². The van der Waals surface area contributed by atoms with Crippen LogP contribution in [0.15, 0.2) is 24.3 Å². The van der Waals surface area contributed by atoms with Crippen LogP contribution >= 0.6 is 0 Å². The summed E-state index contributed by atoms with van der Waals surface area (Å²) in [5.74, 6) is 0.769. The quantitative estimate of drug-likeness (QED) is 0.892. The molecule has 0 aromatic heterocycles. The summed E-state index contributed by atoms with van der Waals surface area (Å²) in [4.78, 5) is 2.66. The Labute approximate surface area is 123 Å². The number of nitrogens with two attached hydrogens (primary N) is 1. The third kappa shape index (κ3) is 2.40. The van der Waals surface area contributed by atoms with Crippen molar-refractivity contribution in [1.29, 1.82) is 0 Å². The largest absolute Gasteiger partial charge is 0.329 e. The molecular formula is C18H28N2. The Morgan fingerprint density at radius 3 is 2.25 bits per heavy atom. The molecule has 1 saturated carbocycles. The lowest BCUT2D eigenvalue weighted by molar-refractivity contribution is -0.0149. The van der Waals surface area contributed by atoms with E-state index in [0.717, 1.165) is 25.6 Å². The molecule has 1 aliphatic carbocycles. The maximum absolute atomic E-state index is 6.29. The number of fused-ring (bicyclic) bond motifs is 1. The van der Waals surface area contributed by atoms with E-state index in [4.69, 9.17) is 5.73 Å². The van der Waals surface area contributed by atoms with Crippen molar-refractivity contribution in [2.45, 2.75) is 58.7 Å². The van der Waals surface area contributed by atoms with Gasteiger partial charge in [-0.05, 0) is 41.7 Å². The standard InChI is InChI=1S/C18H28N2/c1-14-8-17(2,3)12-18(9-14,13-19)20-10-15-6-4-5-7-16(15)11-20/h4-7,14H,8-13,19H2,1-3H3. The van der Waals surface area contributed by atoms with Gasteiger partial charge in [0, 0.05) is 25.2 Å². The first-order valence-corrected chi connectivity index (χ1v) is 7.96. The molecule has 2 N–H and O–H groups in total. The van der Waals surface area contributed by atoms with Gasteiger partial charge in [-0.3, -0.25) is 4.90 Å². The minimum absolute atomic E-state index is 0.195. The Morgan fingerprint density at radius 2 is 1.75 bits per heavy atom. The highest BCUT2D eigenvalue weighted by Gasteiger charge is 2.46.